The molecule has 2 rings (SSSR count). The Hall–Kier alpha value is -1.25. The molecule has 3 nitrogen and oxygen atoms in total. The molecule has 1 aromatic rings. The molecule has 1 aliphatic carbocycles. The minimum atomic E-state index is 0.515. The zero-order valence-corrected chi connectivity index (χ0v) is 10.2. The zero-order valence-electron chi connectivity index (χ0n) is 10.2. The van der Waals surface area contributed by atoms with Crippen LogP contribution in [0.15, 0.2) is 12.3 Å². The summed E-state index contributed by atoms with van der Waals surface area (Å²) in [5, 5.41) is 3.42. The molecule has 0 atom stereocenters. The van der Waals surface area contributed by atoms with Gasteiger partial charge in [0.1, 0.15) is 5.82 Å². The van der Waals surface area contributed by atoms with Crippen LogP contribution in [0.5, 0.6) is 0 Å². The Morgan fingerprint density at radius 3 is 2.75 bits per heavy atom. The number of aromatic nitrogens is 1. The Morgan fingerprint density at radius 1 is 1.50 bits per heavy atom. The van der Waals surface area contributed by atoms with Crippen molar-refractivity contribution in [3.8, 4) is 0 Å². The Bertz CT molecular complexity index is 364. The molecule has 0 bridgehead atoms. The maximum atomic E-state index is 5.86. The summed E-state index contributed by atoms with van der Waals surface area (Å²) in [6, 6.07) is 1.93. The van der Waals surface area contributed by atoms with E-state index in [-0.39, 0.29) is 0 Å². The van der Waals surface area contributed by atoms with Gasteiger partial charge in [-0.1, -0.05) is 13.3 Å². The monoisotopic (exact) mass is 219 g/mol. The van der Waals surface area contributed by atoms with Gasteiger partial charge >= 0.3 is 0 Å². The average molecular weight is 219 g/mol. The molecule has 0 spiro atoms. The Kier molecular flexibility index (Phi) is 3.03. The Balaban J connectivity index is 1.96. The highest BCUT2D eigenvalue weighted by atomic mass is 15.0. The Morgan fingerprint density at radius 2 is 2.25 bits per heavy atom. The van der Waals surface area contributed by atoms with E-state index in [0.717, 1.165) is 23.6 Å². The van der Waals surface area contributed by atoms with Gasteiger partial charge in [-0.2, -0.15) is 0 Å². The smallest absolute Gasteiger partial charge is 0.127 e. The molecule has 1 saturated carbocycles. The summed E-state index contributed by atoms with van der Waals surface area (Å²) in [7, 11) is 0. The molecule has 0 aliphatic heterocycles. The lowest BCUT2D eigenvalue weighted by molar-refractivity contribution is 0.145. The second-order valence-electron chi connectivity index (χ2n) is 4.99. The van der Waals surface area contributed by atoms with E-state index in [9.17, 15) is 0 Å². The van der Waals surface area contributed by atoms with E-state index in [4.69, 9.17) is 5.73 Å². The van der Waals surface area contributed by atoms with Gasteiger partial charge in [-0.15, -0.1) is 0 Å². The Labute approximate surface area is 97.5 Å². The van der Waals surface area contributed by atoms with Gasteiger partial charge in [0.15, 0.2) is 0 Å². The van der Waals surface area contributed by atoms with Crippen LogP contribution >= 0.6 is 0 Å². The lowest BCUT2D eigenvalue weighted by atomic mass is 9.67. The molecule has 0 saturated heterocycles. The quantitative estimate of drug-likeness (QED) is 0.818. The lowest BCUT2D eigenvalue weighted by Gasteiger charge is -2.41. The molecule has 1 fully saturated rings. The van der Waals surface area contributed by atoms with Crippen LogP contribution in [0.25, 0.3) is 0 Å². The topological polar surface area (TPSA) is 50.9 Å². The summed E-state index contributed by atoms with van der Waals surface area (Å²) in [6.07, 6.45) is 7.15. The van der Waals surface area contributed by atoms with Gasteiger partial charge in [-0.25, -0.2) is 4.98 Å². The van der Waals surface area contributed by atoms with Gasteiger partial charge in [-0.05, 0) is 37.2 Å². The summed E-state index contributed by atoms with van der Waals surface area (Å²) in [4.78, 5) is 4.34. The number of hydrogen-bond donors (Lipinski definition) is 2. The number of anilines is 2. The van der Waals surface area contributed by atoms with Crippen LogP contribution in [-0.2, 0) is 0 Å². The third kappa shape index (κ3) is 2.13. The van der Waals surface area contributed by atoms with Crippen molar-refractivity contribution in [2.24, 2.45) is 5.41 Å². The number of nitrogens with two attached hydrogens (primary N) is 1. The first-order valence-corrected chi connectivity index (χ1v) is 6.11. The number of nitrogen functional groups attached to an aromatic ring is 1. The van der Waals surface area contributed by atoms with Crippen LogP contribution in [0.3, 0.4) is 0 Å². The fraction of sp³-hybridized carbons (Fsp3) is 0.615. The van der Waals surface area contributed by atoms with Crippen molar-refractivity contribution in [3.05, 3.63) is 17.8 Å². The van der Waals surface area contributed by atoms with Crippen LogP contribution < -0.4 is 11.1 Å². The van der Waals surface area contributed by atoms with Gasteiger partial charge in [0.05, 0.1) is 0 Å². The van der Waals surface area contributed by atoms with Crippen LogP contribution in [0.1, 0.15) is 38.2 Å². The largest absolute Gasteiger partial charge is 0.398 e. The molecule has 3 heteroatoms. The molecule has 0 unspecified atom stereocenters. The predicted octanol–water partition coefficient (Wildman–Crippen LogP) is 2.96. The minimum absolute atomic E-state index is 0.515. The molecule has 1 aliphatic rings. The molecule has 3 N–H and O–H groups in total. The van der Waals surface area contributed by atoms with Crippen molar-refractivity contribution in [2.45, 2.75) is 39.5 Å². The molecule has 0 amide bonds. The molecule has 0 aromatic carbocycles. The summed E-state index contributed by atoms with van der Waals surface area (Å²) in [6.45, 7) is 5.28. The number of aryl methyl sites for hydroxylation is 1. The summed E-state index contributed by atoms with van der Waals surface area (Å²) in [5.74, 6) is 0.905. The third-order valence-electron chi connectivity index (χ3n) is 3.95. The van der Waals surface area contributed by atoms with E-state index in [1.165, 1.54) is 25.7 Å². The predicted molar refractivity (Wildman–Crippen MR) is 68.5 cm³/mol. The number of pyridine rings is 1. The fourth-order valence-electron chi connectivity index (χ4n) is 2.25. The normalized spacial score (nSPS) is 17.9. The fourth-order valence-corrected chi connectivity index (χ4v) is 2.25. The summed E-state index contributed by atoms with van der Waals surface area (Å²) in [5.41, 5.74) is 8.23. The maximum absolute atomic E-state index is 5.86. The highest BCUT2D eigenvalue weighted by Crippen LogP contribution is 2.43. The zero-order chi connectivity index (χ0) is 11.6. The van der Waals surface area contributed by atoms with Crippen LogP contribution in [0.2, 0.25) is 0 Å². The van der Waals surface area contributed by atoms with Gasteiger partial charge in [-0.3, -0.25) is 0 Å². The van der Waals surface area contributed by atoms with E-state index in [2.05, 4.69) is 17.2 Å². The second-order valence-corrected chi connectivity index (χ2v) is 4.99. The number of hydrogen-bond acceptors (Lipinski definition) is 3. The van der Waals surface area contributed by atoms with Crippen molar-refractivity contribution < 1.29 is 0 Å². The molecule has 88 valence electrons. The average Bonchev–Trinajstić information content (AvgIpc) is 2.22. The summed E-state index contributed by atoms with van der Waals surface area (Å²) < 4.78 is 0. The van der Waals surface area contributed by atoms with Gasteiger partial charge in [0.2, 0.25) is 0 Å². The first-order chi connectivity index (χ1) is 7.65. The van der Waals surface area contributed by atoms with Crippen molar-refractivity contribution >= 4 is 11.5 Å². The molecular formula is C13H21N3. The van der Waals surface area contributed by atoms with Crippen LogP contribution in [0.4, 0.5) is 11.5 Å². The molecule has 16 heavy (non-hydrogen) atoms. The van der Waals surface area contributed by atoms with Gasteiger partial charge in [0, 0.05) is 24.5 Å². The molecule has 1 aromatic heterocycles. The van der Waals surface area contributed by atoms with Gasteiger partial charge in [0.25, 0.3) is 0 Å². The first-order valence-electron chi connectivity index (χ1n) is 6.11. The maximum Gasteiger partial charge on any atom is 0.127 e. The van der Waals surface area contributed by atoms with Crippen molar-refractivity contribution in [1.82, 2.24) is 4.98 Å². The highest BCUT2D eigenvalue weighted by Gasteiger charge is 2.34. The van der Waals surface area contributed by atoms with Crippen molar-refractivity contribution in [2.75, 3.05) is 17.6 Å². The SMILES string of the molecule is CCC1(CNc2cc(N)c(C)cn2)CCC1. The first kappa shape index (κ1) is 11.2. The number of nitrogens with one attached hydrogen (secondary N) is 1. The standard InChI is InChI=1S/C13H21N3/c1-3-13(5-4-6-13)9-16-12-7-11(14)10(2)8-15-12/h7-8H,3-6,9H2,1-2H3,(H3,14,15,16). The van der Waals surface area contributed by atoms with Crippen LogP contribution in [0, 0.1) is 12.3 Å². The highest BCUT2D eigenvalue weighted by molar-refractivity contribution is 5.53. The third-order valence-corrected chi connectivity index (χ3v) is 3.95. The number of nitrogens with zero attached hydrogens (tertiary/aromatic N) is 1. The van der Waals surface area contributed by atoms with Crippen LogP contribution in [-0.4, -0.2) is 11.5 Å². The lowest BCUT2D eigenvalue weighted by Crippen LogP contribution is -2.36. The van der Waals surface area contributed by atoms with Crippen molar-refractivity contribution in [3.63, 3.8) is 0 Å². The van der Waals surface area contributed by atoms with Gasteiger partial charge < -0.3 is 11.1 Å². The molecular weight excluding hydrogens is 198 g/mol. The summed E-state index contributed by atoms with van der Waals surface area (Å²) >= 11 is 0. The van der Waals surface area contributed by atoms with E-state index in [0.29, 0.717) is 5.41 Å². The minimum Gasteiger partial charge on any atom is -0.398 e. The number of rotatable bonds is 4. The second kappa shape index (κ2) is 4.32. The van der Waals surface area contributed by atoms with E-state index >= 15 is 0 Å². The van der Waals surface area contributed by atoms with E-state index in [1.807, 2.05) is 19.2 Å². The molecule has 0 radical (unpaired) electrons. The van der Waals surface area contributed by atoms with E-state index in [1.54, 1.807) is 0 Å². The van der Waals surface area contributed by atoms with E-state index < -0.39 is 0 Å². The van der Waals surface area contributed by atoms with Crippen molar-refractivity contribution in [1.29, 1.82) is 0 Å². The molecule has 1 heterocycles.